The Balaban J connectivity index is 1.43. The van der Waals surface area contributed by atoms with E-state index in [2.05, 4.69) is 14.7 Å². The molecule has 1 aromatic heterocycles. The van der Waals surface area contributed by atoms with Crippen LogP contribution in [0.2, 0.25) is 0 Å². The summed E-state index contributed by atoms with van der Waals surface area (Å²) in [6.07, 6.45) is 4.37. The fourth-order valence-corrected chi connectivity index (χ4v) is 4.68. The first-order valence-corrected chi connectivity index (χ1v) is 11.9. The largest absolute Gasteiger partial charge is 0.335 e. The number of hydrogen-bond acceptors (Lipinski definition) is 6. The lowest BCUT2D eigenvalue weighted by Gasteiger charge is -2.34. The SMILES string of the molecule is Cc1cccc(NS(=O)(=O)c2cccc(C(=O)N3CCN(C(=O)c4cnccn4)CC3)c2)c1. The summed E-state index contributed by atoms with van der Waals surface area (Å²) in [6, 6.07) is 13.0. The molecule has 0 spiro atoms. The topological polar surface area (TPSA) is 113 Å². The maximum absolute atomic E-state index is 13.0. The minimum Gasteiger partial charge on any atom is -0.335 e. The van der Waals surface area contributed by atoms with Crippen molar-refractivity contribution < 1.29 is 18.0 Å². The van der Waals surface area contributed by atoms with Gasteiger partial charge < -0.3 is 9.80 Å². The summed E-state index contributed by atoms with van der Waals surface area (Å²) in [6.45, 7) is 3.26. The molecule has 2 heterocycles. The molecule has 4 rings (SSSR count). The zero-order valence-electron chi connectivity index (χ0n) is 18.0. The third-order valence-corrected chi connectivity index (χ3v) is 6.68. The first kappa shape index (κ1) is 22.4. The first-order chi connectivity index (χ1) is 15.8. The van der Waals surface area contributed by atoms with Crippen LogP contribution in [0.3, 0.4) is 0 Å². The predicted molar refractivity (Wildman–Crippen MR) is 122 cm³/mol. The van der Waals surface area contributed by atoms with Crippen LogP contribution >= 0.6 is 0 Å². The van der Waals surface area contributed by atoms with Gasteiger partial charge in [-0.25, -0.2) is 13.4 Å². The Bertz CT molecular complexity index is 1270. The summed E-state index contributed by atoms with van der Waals surface area (Å²) in [5, 5.41) is 0. The molecule has 0 atom stereocenters. The Morgan fingerprint density at radius 1 is 0.909 bits per heavy atom. The first-order valence-electron chi connectivity index (χ1n) is 10.4. The van der Waals surface area contributed by atoms with Crippen LogP contribution in [0.15, 0.2) is 72.0 Å². The van der Waals surface area contributed by atoms with Crippen molar-refractivity contribution in [3.63, 3.8) is 0 Å². The lowest BCUT2D eigenvalue weighted by Crippen LogP contribution is -2.50. The van der Waals surface area contributed by atoms with Crippen LogP contribution in [0.5, 0.6) is 0 Å². The van der Waals surface area contributed by atoms with E-state index in [0.29, 0.717) is 31.9 Å². The van der Waals surface area contributed by atoms with Gasteiger partial charge in [0.2, 0.25) is 0 Å². The Labute approximate surface area is 192 Å². The number of carbonyl (C=O) groups is 2. The lowest BCUT2D eigenvalue weighted by atomic mass is 10.2. The minimum absolute atomic E-state index is 0.00585. The van der Waals surface area contributed by atoms with Crippen molar-refractivity contribution in [3.05, 3.63) is 83.9 Å². The van der Waals surface area contributed by atoms with E-state index in [4.69, 9.17) is 0 Å². The van der Waals surface area contributed by atoms with Crippen molar-refractivity contribution >= 4 is 27.5 Å². The van der Waals surface area contributed by atoms with E-state index < -0.39 is 10.0 Å². The van der Waals surface area contributed by atoms with Crippen LogP contribution in [-0.2, 0) is 10.0 Å². The number of aromatic nitrogens is 2. The maximum atomic E-state index is 13.0. The van der Waals surface area contributed by atoms with Crippen molar-refractivity contribution in [1.82, 2.24) is 19.8 Å². The van der Waals surface area contributed by atoms with Crippen molar-refractivity contribution in [2.75, 3.05) is 30.9 Å². The van der Waals surface area contributed by atoms with Crippen LogP contribution in [0, 0.1) is 6.92 Å². The molecule has 10 heteroatoms. The van der Waals surface area contributed by atoms with Gasteiger partial charge in [0, 0.05) is 49.8 Å². The van der Waals surface area contributed by atoms with Crippen molar-refractivity contribution in [2.45, 2.75) is 11.8 Å². The molecule has 2 aromatic carbocycles. The van der Waals surface area contributed by atoms with E-state index in [1.165, 1.54) is 30.7 Å². The third-order valence-electron chi connectivity index (χ3n) is 5.30. The minimum atomic E-state index is -3.85. The van der Waals surface area contributed by atoms with E-state index >= 15 is 0 Å². The number of nitrogens with one attached hydrogen (secondary N) is 1. The number of sulfonamides is 1. The molecule has 0 unspecified atom stereocenters. The summed E-state index contributed by atoms with van der Waals surface area (Å²) in [7, 11) is -3.85. The highest BCUT2D eigenvalue weighted by atomic mass is 32.2. The van der Waals surface area contributed by atoms with E-state index in [1.807, 2.05) is 13.0 Å². The van der Waals surface area contributed by atoms with Crippen molar-refractivity contribution in [3.8, 4) is 0 Å². The molecule has 3 aromatic rings. The second-order valence-corrected chi connectivity index (χ2v) is 9.36. The fraction of sp³-hybridized carbons (Fsp3) is 0.217. The average Bonchev–Trinajstić information content (AvgIpc) is 2.83. The molecule has 0 radical (unpaired) electrons. The fourth-order valence-electron chi connectivity index (χ4n) is 3.59. The zero-order chi connectivity index (χ0) is 23.4. The predicted octanol–water partition coefficient (Wildman–Crippen LogP) is 2.18. The number of rotatable bonds is 5. The molecular formula is C23H23N5O4S. The van der Waals surface area contributed by atoms with Gasteiger partial charge in [-0.1, -0.05) is 18.2 Å². The standard InChI is InChI=1S/C23H23N5O4S/c1-17-4-2-6-19(14-17)26-33(31,32)20-7-3-5-18(15-20)22(29)27-10-12-28(13-11-27)23(30)21-16-24-8-9-25-21/h2-9,14-16,26H,10-13H2,1H3. The normalized spacial score (nSPS) is 14.1. The molecule has 1 saturated heterocycles. The second kappa shape index (κ2) is 9.37. The van der Waals surface area contributed by atoms with Gasteiger partial charge in [-0.3, -0.25) is 19.3 Å². The van der Waals surface area contributed by atoms with Crippen LogP contribution in [0.4, 0.5) is 5.69 Å². The number of aryl methyl sites for hydroxylation is 1. The highest BCUT2D eigenvalue weighted by molar-refractivity contribution is 7.92. The Hall–Kier alpha value is -3.79. The molecule has 0 aliphatic carbocycles. The lowest BCUT2D eigenvalue weighted by molar-refractivity contribution is 0.0532. The summed E-state index contributed by atoms with van der Waals surface area (Å²) in [5.74, 6) is -0.514. The number of nitrogens with zero attached hydrogens (tertiary/aromatic N) is 4. The molecular weight excluding hydrogens is 442 g/mol. The summed E-state index contributed by atoms with van der Waals surface area (Å²) >= 11 is 0. The van der Waals surface area contributed by atoms with Crippen LogP contribution in [0.25, 0.3) is 0 Å². The molecule has 2 amide bonds. The molecule has 33 heavy (non-hydrogen) atoms. The summed E-state index contributed by atoms with van der Waals surface area (Å²) in [4.78, 5) is 36.7. The van der Waals surface area contributed by atoms with E-state index in [0.717, 1.165) is 5.56 Å². The monoisotopic (exact) mass is 465 g/mol. The van der Waals surface area contributed by atoms with E-state index in [1.54, 1.807) is 40.1 Å². The summed E-state index contributed by atoms with van der Waals surface area (Å²) < 4.78 is 28.2. The van der Waals surface area contributed by atoms with Crippen LogP contribution in [-0.4, -0.2) is 66.2 Å². The molecule has 0 bridgehead atoms. The molecule has 170 valence electrons. The molecule has 1 aliphatic rings. The van der Waals surface area contributed by atoms with Gasteiger partial charge in [-0.15, -0.1) is 0 Å². The third kappa shape index (κ3) is 5.17. The molecule has 1 aliphatic heterocycles. The number of benzene rings is 2. The number of piperazine rings is 1. The second-order valence-electron chi connectivity index (χ2n) is 7.68. The van der Waals surface area contributed by atoms with Gasteiger partial charge in [-0.2, -0.15) is 0 Å². The van der Waals surface area contributed by atoms with Crippen molar-refractivity contribution in [2.24, 2.45) is 0 Å². The maximum Gasteiger partial charge on any atom is 0.274 e. The van der Waals surface area contributed by atoms with Gasteiger partial charge in [0.15, 0.2) is 0 Å². The average molecular weight is 466 g/mol. The number of anilines is 1. The summed E-state index contributed by atoms with van der Waals surface area (Å²) in [5.41, 5.74) is 1.92. The molecule has 0 saturated carbocycles. The molecule has 9 nitrogen and oxygen atoms in total. The number of hydrogen-bond donors (Lipinski definition) is 1. The quantitative estimate of drug-likeness (QED) is 0.618. The Morgan fingerprint density at radius 3 is 2.27 bits per heavy atom. The Kier molecular flexibility index (Phi) is 6.36. The van der Waals surface area contributed by atoms with Crippen LogP contribution in [0.1, 0.15) is 26.4 Å². The number of carbonyl (C=O) groups excluding carboxylic acids is 2. The van der Waals surface area contributed by atoms with Gasteiger partial charge in [-0.05, 0) is 42.8 Å². The highest BCUT2D eigenvalue weighted by Crippen LogP contribution is 2.19. The molecule has 1 fully saturated rings. The smallest absolute Gasteiger partial charge is 0.274 e. The van der Waals surface area contributed by atoms with Crippen molar-refractivity contribution in [1.29, 1.82) is 0 Å². The van der Waals surface area contributed by atoms with Gasteiger partial charge >= 0.3 is 0 Å². The number of amides is 2. The molecule has 1 N–H and O–H groups in total. The zero-order valence-corrected chi connectivity index (χ0v) is 18.8. The van der Waals surface area contributed by atoms with Crippen LogP contribution < -0.4 is 4.72 Å². The Morgan fingerprint density at radius 2 is 1.61 bits per heavy atom. The van der Waals surface area contributed by atoms with Gasteiger partial charge in [0.1, 0.15) is 5.69 Å². The van der Waals surface area contributed by atoms with E-state index in [-0.39, 0.29) is 28.0 Å². The van der Waals surface area contributed by atoms with Gasteiger partial charge in [0.05, 0.1) is 11.1 Å². The van der Waals surface area contributed by atoms with E-state index in [9.17, 15) is 18.0 Å². The highest BCUT2D eigenvalue weighted by Gasteiger charge is 2.27. The van der Waals surface area contributed by atoms with Gasteiger partial charge in [0.25, 0.3) is 21.8 Å².